The van der Waals surface area contributed by atoms with Crippen LogP contribution in [0.15, 0.2) is 60.8 Å². The monoisotopic (exact) mass is 367 g/mol. The molecule has 3 rings (SSSR count). The van der Waals surface area contributed by atoms with Crippen molar-refractivity contribution in [3.8, 4) is 0 Å². The first-order valence-corrected chi connectivity index (χ1v) is 10.5. The van der Waals surface area contributed by atoms with E-state index in [1.165, 1.54) is 22.0 Å². The smallest absolute Gasteiger partial charge is 0.148 e. The van der Waals surface area contributed by atoms with Gasteiger partial charge in [-0.1, -0.05) is 55.5 Å². The van der Waals surface area contributed by atoms with E-state index in [1.54, 1.807) is 6.92 Å². The lowest BCUT2D eigenvalue weighted by Gasteiger charge is -2.08. The number of nitrogens with zero attached hydrogens (tertiary/aromatic N) is 1. The van der Waals surface area contributed by atoms with Crippen molar-refractivity contribution in [1.82, 2.24) is 4.57 Å². The molecule has 0 aliphatic rings. The molecule has 0 spiro atoms. The van der Waals surface area contributed by atoms with E-state index in [4.69, 9.17) is 0 Å². The Morgan fingerprint density at radius 1 is 1.08 bits per heavy atom. The summed E-state index contributed by atoms with van der Waals surface area (Å²) in [6.07, 6.45) is 3.28. The van der Waals surface area contributed by atoms with E-state index in [9.17, 15) is 9.00 Å². The third kappa shape index (κ3) is 4.13. The maximum atomic E-state index is 12.4. The minimum absolute atomic E-state index is 0.0880. The van der Waals surface area contributed by atoms with E-state index >= 15 is 0 Å². The van der Waals surface area contributed by atoms with Gasteiger partial charge < -0.3 is 4.57 Å². The van der Waals surface area contributed by atoms with Crippen molar-refractivity contribution in [2.75, 3.05) is 5.75 Å². The molecule has 0 saturated heterocycles. The molecule has 1 heterocycles. The van der Waals surface area contributed by atoms with Crippen LogP contribution in [-0.2, 0) is 28.6 Å². The largest absolute Gasteiger partial charge is 0.343 e. The standard InChI is InChI=1S/C22H25NO2S/c1-3-26(25)17(2)22(24)14-13-19-16-23(15-18-9-5-4-6-10-18)21-12-8-7-11-20(19)21/h4-12,16-17H,3,13-15H2,1-2H3. The highest BCUT2D eigenvalue weighted by atomic mass is 32.2. The van der Waals surface area contributed by atoms with Crippen LogP contribution in [0.5, 0.6) is 0 Å². The zero-order valence-electron chi connectivity index (χ0n) is 15.4. The maximum Gasteiger partial charge on any atom is 0.148 e. The van der Waals surface area contributed by atoms with E-state index in [1.807, 2.05) is 25.1 Å². The molecule has 0 radical (unpaired) electrons. The third-order valence-electron chi connectivity index (χ3n) is 4.84. The predicted molar refractivity (Wildman–Crippen MR) is 109 cm³/mol. The molecule has 0 aliphatic carbocycles. The Hall–Kier alpha value is -2.20. The number of Topliss-reactive ketones (excluding diaryl/α,β-unsaturated/α-hetero) is 1. The van der Waals surface area contributed by atoms with Gasteiger partial charge in [-0.15, -0.1) is 0 Å². The van der Waals surface area contributed by atoms with Crippen LogP contribution < -0.4 is 0 Å². The number of benzene rings is 2. The summed E-state index contributed by atoms with van der Waals surface area (Å²) in [6, 6.07) is 18.7. The molecule has 136 valence electrons. The lowest BCUT2D eigenvalue weighted by Crippen LogP contribution is -2.24. The van der Waals surface area contributed by atoms with Gasteiger partial charge in [0.25, 0.3) is 0 Å². The molecule has 0 N–H and O–H groups in total. The van der Waals surface area contributed by atoms with Gasteiger partial charge in [-0.05, 0) is 30.5 Å². The number of ketones is 1. The van der Waals surface area contributed by atoms with Crippen LogP contribution in [0.3, 0.4) is 0 Å². The number of aryl methyl sites for hydroxylation is 1. The maximum absolute atomic E-state index is 12.4. The molecular weight excluding hydrogens is 342 g/mol. The lowest BCUT2D eigenvalue weighted by atomic mass is 10.1. The molecule has 1 aromatic heterocycles. The number of carbonyl (C=O) groups excluding carboxylic acids is 1. The summed E-state index contributed by atoms with van der Waals surface area (Å²) in [7, 11) is -1.06. The van der Waals surface area contributed by atoms with Gasteiger partial charge in [-0.25, -0.2) is 0 Å². The molecule has 0 aliphatic heterocycles. The van der Waals surface area contributed by atoms with Crippen LogP contribution in [-0.4, -0.2) is 25.6 Å². The SMILES string of the molecule is CCS(=O)C(C)C(=O)CCc1cn(Cc2ccccc2)c2ccccc12. The zero-order valence-corrected chi connectivity index (χ0v) is 16.2. The van der Waals surface area contributed by atoms with E-state index in [0.29, 0.717) is 18.6 Å². The van der Waals surface area contributed by atoms with Gasteiger partial charge >= 0.3 is 0 Å². The highest BCUT2D eigenvalue weighted by molar-refractivity contribution is 7.86. The number of hydrogen-bond acceptors (Lipinski definition) is 2. The summed E-state index contributed by atoms with van der Waals surface area (Å²) in [6.45, 7) is 4.45. The summed E-state index contributed by atoms with van der Waals surface area (Å²) in [5.41, 5.74) is 3.62. The Balaban J connectivity index is 1.81. The van der Waals surface area contributed by atoms with Crippen molar-refractivity contribution in [3.63, 3.8) is 0 Å². The fourth-order valence-electron chi connectivity index (χ4n) is 3.29. The van der Waals surface area contributed by atoms with Crippen LogP contribution in [0, 0.1) is 0 Å². The van der Waals surface area contributed by atoms with Gasteiger partial charge in [-0.2, -0.15) is 0 Å². The van der Waals surface area contributed by atoms with Gasteiger partial charge in [0.15, 0.2) is 0 Å². The quantitative estimate of drug-likeness (QED) is 0.594. The van der Waals surface area contributed by atoms with E-state index in [0.717, 1.165) is 6.54 Å². The Morgan fingerprint density at radius 2 is 1.77 bits per heavy atom. The summed E-state index contributed by atoms with van der Waals surface area (Å²) < 4.78 is 14.1. The second-order valence-electron chi connectivity index (χ2n) is 6.56. The van der Waals surface area contributed by atoms with Gasteiger partial charge in [0, 0.05) is 46.6 Å². The first-order chi connectivity index (χ1) is 12.6. The van der Waals surface area contributed by atoms with Crippen molar-refractivity contribution in [1.29, 1.82) is 0 Å². The fourth-order valence-corrected chi connectivity index (χ4v) is 4.20. The Kier molecular flexibility index (Phi) is 6.04. The topological polar surface area (TPSA) is 39.1 Å². The number of aromatic nitrogens is 1. The summed E-state index contributed by atoms with van der Waals surface area (Å²) >= 11 is 0. The number of hydrogen-bond donors (Lipinski definition) is 0. The number of para-hydroxylation sites is 1. The van der Waals surface area contributed by atoms with Crippen LogP contribution in [0.1, 0.15) is 31.4 Å². The summed E-state index contributed by atoms with van der Waals surface area (Å²) in [4.78, 5) is 12.4. The average molecular weight is 368 g/mol. The zero-order chi connectivity index (χ0) is 18.5. The summed E-state index contributed by atoms with van der Waals surface area (Å²) in [5, 5.41) is 0.818. The average Bonchev–Trinajstić information content (AvgIpc) is 3.03. The van der Waals surface area contributed by atoms with E-state index in [2.05, 4.69) is 47.2 Å². The minimum Gasteiger partial charge on any atom is -0.343 e. The normalized spacial score (nSPS) is 13.6. The fraction of sp³-hybridized carbons (Fsp3) is 0.318. The molecule has 3 nitrogen and oxygen atoms in total. The first-order valence-electron chi connectivity index (χ1n) is 9.10. The van der Waals surface area contributed by atoms with Crippen molar-refractivity contribution in [3.05, 3.63) is 71.9 Å². The highest BCUT2D eigenvalue weighted by Gasteiger charge is 2.19. The van der Waals surface area contributed by atoms with Crippen LogP contribution in [0.4, 0.5) is 0 Å². The molecule has 0 amide bonds. The molecule has 4 heteroatoms. The second kappa shape index (κ2) is 8.45. The Bertz CT molecular complexity index is 914. The number of carbonyl (C=O) groups is 1. The van der Waals surface area contributed by atoms with Crippen molar-refractivity contribution in [2.45, 2.75) is 38.5 Å². The summed E-state index contributed by atoms with van der Waals surface area (Å²) in [5.74, 6) is 0.619. The van der Waals surface area contributed by atoms with Gasteiger partial charge in [0.2, 0.25) is 0 Å². The van der Waals surface area contributed by atoms with Crippen LogP contribution in [0.2, 0.25) is 0 Å². The molecule has 0 bridgehead atoms. The second-order valence-corrected chi connectivity index (χ2v) is 8.61. The molecule has 2 unspecified atom stereocenters. The Labute approximate surface area is 157 Å². The van der Waals surface area contributed by atoms with Gasteiger partial charge in [0.05, 0.1) is 5.25 Å². The highest BCUT2D eigenvalue weighted by Crippen LogP contribution is 2.24. The molecule has 0 fully saturated rings. The molecule has 0 saturated carbocycles. The van der Waals surface area contributed by atoms with E-state index < -0.39 is 10.8 Å². The van der Waals surface area contributed by atoms with Crippen molar-refractivity contribution in [2.24, 2.45) is 0 Å². The predicted octanol–water partition coefficient (Wildman–Crippen LogP) is 4.35. The number of fused-ring (bicyclic) bond motifs is 1. The molecule has 26 heavy (non-hydrogen) atoms. The lowest BCUT2D eigenvalue weighted by molar-refractivity contribution is -0.118. The molecule has 3 aromatic rings. The van der Waals surface area contributed by atoms with Gasteiger partial charge in [0.1, 0.15) is 5.78 Å². The van der Waals surface area contributed by atoms with Crippen LogP contribution >= 0.6 is 0 Å². The third-order valence-corrected chi connectivity index (χ3v) is 6.46. The minimum atomic E-state index is -1.06. The van der Waals surface area contributed by atoms with Crippen molar-refractivity contribution < 1.29 is 9.00 Å². The Morgan fingerprint density at radius 3 is 2.50 bits per heavy atom. The van der Waals surface area contributed by atoms with E-state index in [-0.39, 0.29) is 11.0 Å². The molecule has 2 aromatic carbocycles. The van der Waals surface area contributed by atoms with Crippen molar-refractivity contribution >= 4 is 27.5 Å². The number of rotatable bonds is 8. The molecule has 2 atom stereocenters. The molecular formula is C22H25NO2S. The first kappa shape index (κ1) is 18.6. The van der Waals surface area contributed by atoms with Crippen LogP contribution in [0.25, 0.3) is 10.9 Å². The van der Waals surface area contributed by atoms with Gasteiger partial charge in [-0.3, -0.25) is 9.00 Å².